The third-order valence-electron chi connectivity index (χ3n) is 2.47. The van der Waals surface area contributed by atoms with Crippen LogP contribution in [0.4, 0.5) is 0 Å². The molecule has 1 aromatic rings. The zero-order valence-electron chi connectivity index (χ0n) is 9.68. The standard InChI is InChI=1S/C12H10ClN2O3.W/c13-8-3-1-2-7(6-8)11(17)14-9-4-5-10(16)15-12(9)18;/h1-3,9H,4-5H2,(H2,14,15,16,17,18);/q-1;+2/p-1/t9-;/m0./s1. The van der Waals surface area contributed by atoms with Gasteiger partial charge in [-0.2, -0.15) is 0 Å². The van der Waals surface area contributed by atoms with Crippen molar-refractivity contribution < 1.29 is 35.4 Å². The summed E-state index contributed by atoms with van der Waals surface area (Å²) in [5, 5.41) is 6.21. The Morgan fingerprint density at radius 2 is 2.16 bits per heavy atom. The van der Waals surface area contributed by atoms with Crippen LogP contribution in [0.3, 0.4) is 0 Å². The summed E-state index contributed by atoms with van der Waals surface area (Å²) in [6.07, 6.45) is 0.434. The molecule has 19 heavy (non-hydrogen) atoms. The first-order chi connectivity index (χ1) is 8.56. The summed E-state index contributed by atoms with van der Waals surface area (Å²) in [7, 11) is 0. The molecule has 1 atom stereocenters. The Bertz CT molecular complexity index is 521. The number of imide groups is 1. The summed E-state index contributed by atoms with van der Waals surface area (Å²) in [6.45, 7) is 0. The molecule has 1 fully saturated rings. The number of rotatable bonds is 2. The number of halogens is 1. The smallest absolute Gasteiger partial charge is 0.684 e. The number of carbonyl (C=O) groups is 3. The van der Waals surface area contributed by atoms with Gasteiger partial charge in [0.15, 0.2) is 0 Å². The minimum Gasteiger partial charge on any atom is -0.684 e. The van der Waals surface area contributed by atoms with Crippen LogP contribution in [0, 0.1) is 6.07 Å². The third-order valence-corrected chi connectivity index (χ3v) is 2.69. The van der Waals surface area contributed by atoms with Crippen LogP contribution >= 0.6 is 11.6 Å². The van der Waals surface area contributed by atoms with Crippen molar-refractivity contribution in [2.75, 3.05) is 0 Å². The van der Waals surface area contributed by atoms with Gasteiger partial charge in [0, 0.05) is 6.42 Å². The van der Waals surface area contributed by atoms with E-state index < -0.39 is 17.9 Å². The molecule has 2 rings (SSSR count). The van der Waals surface area contributed by atoms with E-state index >= 15 is 0 Å². The summed E-state index contributed by atoms with van der Waals surface area (Å²) in [6, 6.07) is 6.53. The number of nitrogens with one attached hydrogen (secondary N) is 1. The molecule has 1 aliphatic rings. The second-order valence-electron chi connectivity index (χ2n) is 3.81. The molecule has 0 saturated carbocycles. The van der Waals surface area contributed by atoms with Crippen molar-refractivity contribution in [3.05, 3.63) is 40.2 Å². The molecule has 0 aromatic heterocycles. The zero-order chi connectivity index (χ0) is 13.1. The van der Waals surface area contributed by atoms with Crippen molar-refractivity contribution in [2.45, 2.75) is 18.9 Å². The van der Waals surface area contributed by atoms with Gasteiger partial charge in [-0.05, 0) is 23.4 Å². The van der Waals surface area contributed by atoms with Crippen molar-refractivity contribution in [1.29, 1.82) is 0 Å². The number of benzene rings is 1. The van der Waals surface area contributed by atoms with Gasteiger partial charge in [-0.25, -0.2) is 0 Å². The van der Waals surface area contributed by atoms with Crippen molar-refractivity contribution in [1.82, 2.24) is 5.32 Å². The molecule has 1 aliphatic heterocycles. The van der Waals surface area contributed by atoms with E-state index in [2.05, 4.69) is 16.7 Å². The van der Waals surface area contributed by atoms with Crippen LogP contribution in [-0.4, -0.2) is 23.8 Å². The average molecular weight is 449 g/mol. The molecule has 98 valence electrons. The quantitative estimate of drug-likeness (QED) is 0.550. The molecule has 5 nitrogen and oxygen atoms in total. The van der Waals surface area contributed by atoms with Gasteiger partial charge in [-0.1, -0.05) is 0 Å². The van der Waals surface area contributed by atoms with E-state index in [4.69, 9.17) is 11.6 Å². The first kappa shape index (κ1) is 15.9. The van der Waals surface area contributed by atoms with E-state index in [0.717, 1.165) is 0 Å². The van der Waals surface area contributed by atoms with Crippen LogP contribution in [0.1, 0.15) is 23.2 Å². The fraction of sp³-hybridized carbons (Fsp3) is 0.250. The Balaban J connectivity index is 0.00000180. The summed E-state index contributed by atoms with van der Waals surface area (Å²) in [5.74, 6) is -1.44. The molecule has 1 N–H and O–H groups in total. The van der Waals surface area contributed by atoms with Crippen LogP contribution in [0.2, 0.25) is 5.02 Å². The largest absolute Gasteiger partial charge is 2.00 e. The molecular weight excluding hydrogens is 439 g/mol. The number of carbonyl (C=O) groups excluding carboxylic acids is 3. The summed E-state index contributed by atoms with van der Waals surface area (Å²) in [5.41, 5.74) is 0.201. The topological polar surface area (TPSA) is 77.3 Å². The van der Waals surface area contributed by atoms with E-state index in [1.54, 1.807) is 12.1 Å². The normalized spacial score (nSPS) is 18.3. The van der Waals surface area contributed by atoms with E-state index in [9.17, 15) is 14.4 Å². The molecule has 0 aliphatic carbocycles. The molecule has 0 spiro atoms. The zero-order valence-corrected chi connectivity index (χ0v) is 13.4. The van der Waals surface area contributed by atoms with Crippen LogP contribution in [0.25, 0.3) is 5.32 Å². The second-order valence-corrected chi connectivity index (χ2v) is 4.22. The molecule has 0 radical (unpaired) electrons. The Kier molecular flexibility index (Phi) is 5.70. The number of amides is 3. The van der Waals surface area contributed by atoms with Gasteiger partial charge >= 0.3 is 21.1 Å². The first-order valence-corrected chi connectivity index (χ1v) is 5.71. The fourth-order valence-electron chi connectivity index (χ4n) is 1.58. The number of hydrogen-bond donors (Lipinski definition) is 1. The molecule has 1 heterocycles. The first-order valence-electron chi connectivity index (χ1n) is 5.33. The summed E-state index contributed by atoms with van der Waals surface area (Å²) < 4.78 is 0. The van der Waals surface area contributed by atoms with Crippen molar-refractivity contribution in [3.8, 4) is 0 Å². The Labute approximate surface area is 129 Å². The van der Waals surface area contributed by atoms with Gasteiger partial charge in [0.05, 0.1) is 0 Å². The maximum Gasteiger partial charge on any atom is 2.00 e. The van der Waals surface area contributed by atoms with E-state index in [1.807, 2.05) is 0 Å². The van der Waals surface area contributed by atoms with Gasteiger partial charge in [0.1, 0.15) is 0 Å². The monoisotopic (exact) mass is 448 g/mol. The number of piperidine rings is 1. The van der Waals surface area contributed by atoms with Crippen LogP contribution in [0.15, 0.2) is 18.2 Å². The van der Waals surface area contributed by atoms with Crippen LogP contribution in [-0.2, 0) is 30.7 Å². The van der Waals surface area contributed by atoms with E-state index in [-0.39, 0.29) is 45.4 Å². The third kappa shape index (κ3) is 4.15. The van der Waals surface area contributed by atoms with E-state index in [0.29, 0.717) is 5.02 Å². The summed E-state index contributed by atoms with van der Waals surface area (Å²) >= 11 is 5.71. The van der Waals surface area contributed by atoms with Gasteiger partial charge in [-0.3, -0.25) is 14.9 Å². The van der Waals surface area contributed by atoms with Gasteiger partial charge in [0.25, 0.3) is 0 Å². The van der Waals surface area contributed by atoms with Gasteiger partial charge in [0.2, 0.25) is 11.8 Å². The minimum absolute atomic E-state index is 0. The van der Waals surface area contributed by atoms with Crippen LogP contribution < -0.4 is 5.32 Å². The molecule has 7 heteroatoms. The number of nitrogens with zero attached hydrogens (tertiary/aromatic N) is 1. The van der Waals surface area contributed by atoms with Gasteiger partial charge < -0.3 is 10.1 Å². The molecule has 0 unspecified atom stereocenters. The fourth-order valence-corrected chi connectivity index (χ4v) is 1.76. The Morgan fingerprint density at radius 1 is 1.42 bits per heavy atom. The predicted octanol–water partition coefficient (Wildman–Crippen LogP) is 1.46. The molecular formula is C12H9ClN2O3W. The number of hydrogen-bond acceptors (Lipinski definition) is 3. The molecule has 1 saturated heterocycles. The maximum absolute atomic E-state index is 11.8. The Morgan fingerprint density at radius 3 is 2.79 bits per heavy atom. The molecule has 1 aromatic carbocycles. The van der Waals surface area contributed by atoms with Crippen molar-refractivity contribution in [3.63, 3.8) is 0 Å². The summed E-state index contributed by atoms with van der Waals surface area (Å²) in [4.78, 5) is 34.1. The Hall–Kier alpha value is -1.19. The van der Waals surface area contributed by atoms with Gasteiger partial charge in [-0.15, -0.1) is 41.4 Å². The maximum atomic E-state index is 11.8. The molecule has 0 bridgehead atoms. The molecule has 3 amide bonds. The van der Waals surface area contributed by atoms with Crippen molar-refractivity contribution >= 4 is 29.3 Å². The second kappa shape index (κ2) is 6.82. The van der Waals surface area contributed by atoms with E-state index in [1.165, 1.54) is 6.07 Å². The average Bonchev–Trinajstić information content (AvgIpc) is 2.32. The minimum atomic E-state index is -0.817. The predicted molar refractivity (Wildman–Crippen MR) is 64.1 cm³/mol. The van der Waals surface area contributed by atoms with Crippen molar-refractivity contribution in [2.24, 2.45) is 0 Å². The van der Waals surface area contributed by atoms with Crippen LogP contribution in [0.5, 0.6) is 0 Å². The SMILES string of the molecule is O=C1CC[C@H]([N-]C(=O)c2[c-]c(Cl)ccc2)C(=O)N1.[W+2].